The molecule has 0 aliphatic heterocycles. The fraction of sp³-hybridized carbons (Fsp3) is 0.0556. The van der Waals surface area contributed by atoms with Gasteiger partial charge >= 0.3 is 0 Å². The van der Waals surface area contributed by atoms with Crippen LogP contribution in [0.15, 0.2) is 65.4 Å². The topological polar surface area (TPSA) is 38.3 Å². The average Bonchev–Trinajstić information content (AvgIpc) is 3.11. The van der Waals surface area contributed by atoms with E-state index in [-0.39, 0.29) is 11.7 Å². The first kappa shape index (κ1) is 15.2. The zero-order chi connectivity index (χ0) is 16.1. The Balaban J connectivity index is 1.56. The van der Waals surface area contributed by atoms with Gasteiger partial charge in [0.1, 0.15) is 17.3 Å². The number of hydrogen-bond donors (Lipinski definition) is 1. The highest BCUT2D eigenvalue weighted by molar-refractivity contribution is 7.08. The first-order valence-corrected chi connectivity index (χ1v) is 7.98. The van der Waals surface area contributed by atoms with Crippen molar-refractivity contribution in [1.29, 1.82) is 0 Å². The molecule has 0 radical (unpaired) electrons. The van der Waals surface area contributed by atoms with Gasteiger partial charge in [-0.15, -0.1) is 0 Å². The summed E-state index contributed by atoms with van der Waals surface area (Å²) in [7, 11) is 0. The molecule has 0 unspecified atom stereocenters. The van der Waals surface area contributed by atoms with Crippen LogP contribution in [0.3, 0.4) is 0 Å². The molecule has 1 N–H and O–H groups in total. The molecular weight excluding hydrogens is 313 g/mol. The second kappa shape index (κ2) is 7.07. The van der Waals surface area contributed by atoms with E-state index in [1.54, 1.807) is 18.2 Å². The summed E-state index contributed by atoms with van der Waals surface area (Å²) >= 11 is 1.49. The number of amides is 1. The Hall–Kier alpha value is -2.66. The largest absolute Gasteiger partial charge is 0.457 e. The van der Waals surface area contributed by atoms with Crippen LogP contribution in [0.2, 0.25) is 0 Å². The molecule has 3 nitrogen and oxygen atoms in total. The average molecular weight is 327 g/mol. The van der Waals surface area contributed by atoms with Gasteiger partial charge in [-0.25, -0.2) is 4.39 Å². The maximum atomic E-state index is 12.8. The molecule has 0 spiro atoms. The smallest absolute Gasteiger partial charge is 0.252 e. The summed E-state index contributed by atoms with van der Waals surface area (Å²) in [6.45, 7) is 0.450. The number of carbonyl (C=O) groups excluding carboxylic acids is 1. The Bertz CT molecular complexity index is 768. The predicted octanol–water partition coefficient (Wildman–Crippen LogP) is 4.61. The van der Waals surface area contributed by atoms with Crippen molar-refractivity contribution in [2.24, 2.45) is 0 Å². The summed E-state index contributed by atoms with van der Waals surface area (Å²) in [6, 6.07) is 15.0. The summed E-state index contributed by atoms with van der Waals surface area (Å²) in [6.07, 6.45) is 0. The lowest BCUT2D eigenvalue weighted by atomic mass is 10.2. The summed E-state index contributed by atoms with van der Waals surface area (Å²) in [4.78, 5) is 11.9. The molecular formula is C18H14FNO2S. The van der Waals surface area contributed by atoms with E-state index >= 15 is 0 Å². The molecule has 0 bridgehead atoms. The van der Waals surface area contributed by atoms with Gasteiger partial charge < -0.3 is 10.1 Å². The molecule has 116 valence electrons. The molecule has 0 saturated carbocycles. The lowest BCUT2D eigenvalue weighted by molar-refractivity contribution is 0.0951. The quantitative estimate of drug-likeness (QED) is 0.743. The first-order valence-electron chi connectivity index (χ1n) is 7.03. The second-order valence-electron chi connectivity index (χ2n) is 4.89. The molecule has 1 aromatic heterocycles. The number of rotatable bonds is 5. The van der Waals surface area contributed by atoms with Gasteiger partial charge in [-0.1, -0.05) is 12.1 Å². The number of carbonyl (C=O) groups is 1. The molecule has 23 heavy (non-hydrogen) atoms. The normalized spacial score (nSPS) is 10.3. The zero-order valence-electron chi connectivity index (χ0n) is 12.2. The number of thiophene rings is 1. The van der Waals surface area contributed by atoms with Crippen molar-refractivity contribution in [2.45, 2.75) is 6.54 Å². The third-order valence-electron chi connectivity index (χ3n) is 3.21. The fourth-order valence-corrected chi connectivity index (χ4v) is 2.63. The lowest BCUT2D eigenvalue weighted by Crippen LogP contribution is -2.22. The highest BCUT2D eigenvalue weighted by Gasteiger charge is 2.05. The third kappa shape index (κ3) is 4.17. The number of benzene rings is 2. The van der Waals surface area contributed by atoms with Gasteiger partial charge in [0, 0.05) is 17.5 Å². The number of hydrogen-bond acceptors (Lipinski definition) is 3. The predicted molar refractivity (Wildman–Crippen MR) is 88.4 cm³/mol. The first-order chi connectivity index (χ1) is 11.2. The molecule has 2 aromatic carbocycles. The van der Waals surface area contributed by atoms with Gasteiger partial charge in [0.2, 0.25) is 0 Å². The molecule has 5 heteroatoms. The molecule has 3 aromatic rings. The molecule has 0 aliphatic rings. The Morgan fingerprint density at radius 1 is 1.00 bits per heavy atom. The highest BCUT2D eigenvalue weighted by atomic mass is 32.1. The van der Waals surface area contributed by atoms with Crippen LogP contribution in [0.5, 0.6) is 11.5 Å². The summed E-state index contributed by atoms with van der Waals surface area (Å²) < 4.78 is 18.5. The zero-order valence-corrected chi connectivity index (χ0v) is 13.0. The van der Waals surface area contributed by atoms with Crippen molar-refractivity contribution in [3.8, 4) is 11.5 Å². The Morgan fingerprint density at radius 2 is 1.65 bits per heavy atom. The van der Waals surface area contributed by atoms with Crippen molar-refractivity contribution >= 4 is 17.2 Å². The van der Waals surface area contributed by atoms with Crippen molar-refractivity contribution in [3.63, 3.8) is 0 Å². The third-order valence-corrected chi connectivity index (χ3v) is 3.89. The minimum absolute atomic E-state index is 0.0853. The summed E-state index contributed by atoms with van der Waals surface area (Å²) in [5, 5.41) is 6.55. The van der Waals surface area contributed by atoms with Crippen LogP contribution in [-0.4, -0.2) is 5.91 Å². The van der Waals surface area contributed by atoms with E-state index < -0.39 is 0 Å². The summed E-state index contributed by atoms with van der Waals surface area (Å²) in [5.74, 6) is 0.849. The van der Waals surface area contributed by atoms with Crippen LogP contribution in [0.25, 0.3) is 0 Å². The van der Waals surface area contributed by atoms with Gasteiger partial charge in [-0.2, -0.15) is 11.3 Å². The molecule has 0 fully saturated rings. The Labute approximate surface area is 137 Å². The van der Waals surface area contributed by atoms with Crippen LogP contribution in [0.1, 0.15) is 15.9 Å². The monoisotopic (exact) mass is 327 g/mol. The van der Waals surface area contributed by atoms with Crippen LogP contribution >= 0.6 is 11.3 Å². The van der Waals surface area contributed by atoms with Gasteiger partial charge in [0.25, 0.3) is 5.91 Å². The maximum Gasteiger partial charge on any atom is 0.252 e. The molecule has 0 saturated heterocycles. The van der Waals surface area contributed by atoms with Crippen LogP contribution < -0.4 is 10.1 Å². The van der Waals surface area contributed by atoms with E-state index in [2.05, 4.69) is 5.32 Å². The minimum atomic E-state index is -0.297. The van der Waals surface area contributed by atoms with Gasteiger partial charge in [0.05, 0.1) is 0 Å². The van der Waals surface area contributed by atoms with E-state index in [1.807, 2.05) is 35.0 Å². The van der Waals surface area contributed by atoms with Crippen molar-refractivity contribution < 1.29 is 13.9 Å². The Morgan fingerprint density at radius 3 is 2.26 bits per heavy atom. The number of halogens is 1. The SMILES string of the molecule is O=C(NCc1ccc(Oc2ccc(F)cc2)cc1)c1ccsc1. The standard InChI is InChI=1S/C18H14FNO2S/c19-15-3-7-17(8-4-15)22-16-5-1-13(2-6-16)11-20-18(21)14-9-10-23-12-14/h1-10,12H,11H2,(H,20,21). The fourth-order valence-electron chi connectivity index (χ4n) is 1.99. The molecule has 3 rings (SSSR count). The van der Waals surface area contributed by atoms with Crippen molar-refractivity contribution in [3.05, 3.63) is 82.3 Å². The van der Waals surface area contributed by atoms with E-state index in [4.69, 9.17) is 4.74 Å². The van der Waals surface area contributed by atoms with Gasteiger partial charge in [-0.3, -0.25) is 4.79 Å². The summed E-state index contributed by atoms with van der Waals surface area (Å²) in [5.41, 5.74) is 1.64. The number of ether oxygens (including phenoxy) is 1. The molecule has 1 amide bonds. The minimum Gasteiger partial charge on any atom is -0.457 e. The second-order valence-corrected chi connectivity index (χ2v) is 5.67. The van der Waals surface area contributed by atoms with Crippen molar-refractivity contribution in [1.82, 2.24) is 5.32 Å². The Kier molecular flexibility index (Phi) is 4.68. The molecule has 1 heterocycles. The lowest BCUT2D eigenvalue weighted by Gasteiger charge is -2.07. The molecule has 0 atom stereocenters. The molecule has 0 aliphatic carbocycles. The van der Waals surface area contributed by atoms with Gasteiger partial charge in [0.15, 0.2) is 0 Å². The number of nitrogens with one attached hydrogen (secondary N) is 1. The van der Waals surface area contributed by atoms with Crippen molar-refractivity contribution in [2.75, 3.05) is 0 Å². The van der Waals surface area contributed by atoms with E-state index in [1.165, 1.54) is 23.5 Å². The van der Waals surface area contributed by atoms with Gasteiger partial charge in [-0.05, 0) is 53.4 Å². The van der Waals surface area contributed by atoms with Crippen LogP contribution in [0.4, 0.5) is 4.39 Å². The highest BCUT2D eigenvalue weighted by Crippen LogP contribution is 2.21. The van der Waals surface area contributed by atoms with E-state index in [0.29, 0.717) is 23.6 Å². The van der Waals surface area contributed by atoms with E-state index in [9.17, 15) is 9.18 Å². The maximum absolute atomic E-state index is 12.8. The van der Waals surface area contributed by atoms with Crippen LogP contribution in [0, 0.1) is 5.82 Å². The van der Waals surface area contributed by atoms with Crippen LogP contribution in [-0.2, 0) is 6.54 Å². The van der Waals surface area contributed by atoms with E-state index in [0.717, 1.165) is 5.56 Å².